The molecule has 4 rings (SSSR count). The van der Waals surface area contributed by atoms with Gasteiger partial charge in [0.15, 0.2) is 0 Å². The molecule has 1 fully saturated rings. The van der Waals surface area contributed by atoms with E-state index in [4.69, 9.17) is 4.74 Å². The highest BCUT2D eigenvalue weighted by Crippen LogP contribution is 2.33. The summed E-state index contributed by atoms with van der Waals surface area (Å²) in [5.41, 5.74) is 2.79. The number of aryl methyl sites for hydroxylation is 1. The zero-order valence-corrected chi connectivity index (χ0v) is 20.2. The molecule has 0 aliphatic carbocycles. The molecule has 8 heteroatoms. The zero-order valence-electron chi connectivity index (χ0n) is 20.2. The quantitative estimate of drug-likeness (QED) is 0.400. The molecule has 0 saturated carbocycles. The predicted molar refractivity (Wildman–Crippen MR) is 133 cm³/mol. The number of ether oxygens (including phenoxy) is 1. The number of rotatable bonds is 11. The minimum atomic E-state index is -0.740. The summed E-state index contributed by atoms with van der Waals surface area (Å²) in [5, 5.41) is 29.5. The van der Waals surface area contributed by atoms with Crippen LogP contribution in [-0.4, -0.2) is 63.0 Å². The molecule has 8 nitrogen and oxygen atoms in total. The van der Waals surface area contributed by atoms with Crippen LogP contribution in [0.4, 0.5) is 0 Å². The van der Waals surface area contributed by atoms with Crippen molar-refractivity contribution in [2.75, 3.05) is 26.7 Å². The van der Waals surface area contributed by atoms with Crippen molar-refractivity contribution in [1.82, 2.24) is 20.1 Å². The van der Waals surface area contributed by atoms with Crippen molar-refractivity contribution in [3.8, 4) is 5.75 Å². The molecular formula is C27H34N4O4. The third kappa shape index (κ3) is 6.52. The second-order valence-electron chi connectivity index (χ2n) is 9.38. The number of fused-ring (bicyclic) bond motifs is 1. The smallest absolute Gasteiger partial charge is 0.308 e. The summed E-state index contributed by atoms with van der Waals surface area (Å²) >= 11 is 0. The van der Waals surface area contributed by atoms with Crippen molar-refractivity contribution in [2.45, 2.75) is 44.6 Å². The van der Waals surface area contributed by atoms with Crippen LogP contribution in [-0.2, 0) is 11.2 Å². The van der Waals surface area contributed by atoms with Gasteiger partial charge in [0.25, 0.3) is 0 Å². The highest BCUT2D eigenvalue weighted by atomic mass is 16.5. The first kappa shape index (κ1) is 25.0. The van der Waals surface area contributed by atoms with Crippen LogP contribution in [0.2, 0.25) is 0 Å². The van der Waals surface area contributed by atoms with E-state index in [-0.39, 0.29) is 5.92 Å². The van der Waals surface area contributed by atoms with Crippen molar-refractivity contribution in [1.29, 1.82) is 0 Å². The van der Waals surface area contributed by atoms with E-state index in [9.17, 15) is 15.0 Å². The van der Waals surface area contributed by atoms with E-state index in [2.05, 4.69) is 20.1 Å². The van der Waals surface area contributed by atoms with Crippen molar-refractivity contribution in [3.05, 3.63) is 60.0 Å². The van der Waals surface area contributed by atoms with Crippen LogP contribution in [0.3, 0.4) is 0 Å². The average Bonchev–Trinajstić information content (AvgIpc) is 2.89. The lowest BCUT2D eigenvalue weighted by Gasteiger charge is -2.37. The van der Waals surface area contributed by atoms with Gasteiger partial charge in [-0.3, -0.25) is 9.78 Å². The highest BCUT2D eigenvalue weighted by molar-refractivity contribution is 5.83. The second kappa shape index (κ2) is 12.0. The molecule has 0 bridgehead atoms. The van der Waals surface area contributed by atoms with E-state index in [1.54, 1.807) is 25.7 Å². The number of aromatic nitrogens is 3. The Morgan fingerprint density at radius 2 is 2.09 bits per heavy atom. The normalized spacial score (nSPS) is 19.5. The molecule has 35 heavy (non-hydrogen) atoms. The van der Waals surface area contributed by atoms with E-state index in [1.165, 1.54) is 5.56 Å². The van der Waals surface area contributed by atoms with Gasteiger partial charge in [0.2, 0.25) is 0 Å². The molecule has 0 radical (unpaired) electrons. The number of methoxy groups -OCH3 is 1. The second-order valence-corrected chi connectivity index (χ2v) is 9.38. The number of benzene rings is 1. The van der Waals surface area contributed by atoms with Gasteiger partial charge < -0.3 is 19.8 Å². The molecule has 186 valence electrons. The summed E-state index contributed by atoms with van der Waals surface area (Å²) in [6, 6.07) is 9.45. The van der Waals surface area contributed by atoms with Gasteiger partial charge in [0.05, 0.1) is 30.8 Å². The molecule has 3 atom stereocenters. The number of aliphatic carboxylic acids is 1. The third-order valence-electron chi connectivity index (χ3n) is 7.14. The lowest BCUT2D eigenvalue weighted by Crippen LogP contribution is -2.44. The van der Waals surface area contributed by atoms with Crippen molar-refractivity contribution < 1.29 is 19.7 Å². The summed E-state index contributed by atoms with van der Waals surface area (Å²) in [6.45, 7) is 2.38. The molecule has 3 aromatic rings. The maximum Gasteiger partial charge on any atom is 0.308 e. The van der Waals surface area contributed by atoms with Gasteiger partial charge in [-0.1, -0.05) is 0 Å². The van der Waals surface area contributed by atoms with Crippen molar-refractivity contribution in [3.63, 3.8) is 0 Å². The predicted octanol–water partition coefficient (Wildman–Crippen LogP) is 3.89. The van der Waals surface area contributed by atoms with Crippen molar-refractivity contribution in [2.24, 2.45) is 11.8 Å². The Hall–Kier alpha value is -3.10. The number of carboxylic acids is 1. The van der Waals surface area contributed by atoms with Crippen LogP contribution in [0, 0.1) is 11.8 Å². The largest absolute Gasteiger partial charge is 0.497 e. The monoisotopic (exact) mass is 478 g/mol. The number of unbranched alkanes of at least 4 members (excludes halogenated alkanes) is 1. The number of aliphatic hydroxyl groups is 1. The molecule has 0 amide bonds. The molecule has 2 N–H and O–H groups in total. The van der Waals surface area contributed by atoms with E-state index in [0.717, 1.165) is 61.0 Å². The van der Waals surface area contributed by atoms with Crippen LogP contribution < -0.4 is 4.74 Å². The van der Waals surface area contributed by atoms with Gasteiger partial charge in [-0.2, -0.15) is 10.2 Å². The van der Waals surface area contributed by atoms with Crippen LogP contribution in [0.25, 0.3) is 10.9 Å². The number of hydrogen-bond acceptors (Lipinski definition) is 7. The Labute approximate surface area is 206 Å². The molecule has 0 unspecified atom stereocenters. The fourth-order valence-corrected chi connectivity index (χ4v) is 5.12. The first-order chi connectivity index (χ1) is 17.0. The summed E-state index contributed by atoms with van der Waals surface area (Å²) in [6.07, 6.45) is 9.59. The number of carboxylic acid groups (broad SMARTS) is 1. The summed E-state index contributed by atoms with van der Waals surface area (Å²) in [5.74, 6) is -0.371. The van der Waals surface area contributed by atoms with Gasteiger partial charge in [-0.15, -0.1) is 0 Å². The van der Waals surface area contributed by atoms with Crippen LogP contribution in [0.15, 0.2) is 48.9 Å². The fourth-order valence-electron chi connectivity index (χ4n) is 5.12. The Morgan fingerprint density at radius 1 is 1.20 bits per heavy atom. The lowest BCUT2D eigenvalue weighted by atomic mass is 9.81. The molecule has 3 heterocycles. The number of carbonyl (C=O) groups is 1. The fraction of sp³-hybridized carbons (Fsp3) is 0.481. The topological polar surface area (TPSA) is 109 Å². The standard InChI is InChI=1S/C27H34N4O4/c1-35-21-6-7-25-23(16-21)22(10-12-28-25)26(32)8-5-20-11-15-31(18-24(20)27(33)34)14-3-2-4-19-9-13-29-30-17-19/h6-7,9-10,12-13,16-17,20,24,26,32H,2-5,8,11,14-15,18H2,1H3,(H,33,34)/t20-,24+,26+/m1/s1. The summed E-state index contributed by atoms with van der Waals surface area (Å²) in [4.78, 5) is 18.7. The van der Waals surface area contributed by atoms with Gasteiger partial charge in [-0.25, -0.2) is 0 Å². The SMILES string of the molecule is COc1ccc2nccc([C@@H](O)CC[C@@H]3CCN(CCCCc4ccnnc4)C[C@@H]3C(=O)O)c2c1. The highest BCUT2D eigenvalue weighted by Gasteiger charge is 2.34. The van der Waals surface area contributed by atoms with E-state index in [0.29, 0.717) is 19.4 Å². The molecular weight excluding hydrogens is 444 g/mol. The lowest BCUT2D eigenvalue weighted by molar-refractivity contribution is -0.146. The first-order valence-corrected chi connectivity index (χ1v) is 12.4. The minimum Gasteiger partial charge on any atom is -0.497 e. The van der Waals surface area contributed by atoms with Crippen LogP contribution in [0.1, 0.15) is 49.3 Å². The minimum absolute atomic E-state index is 0.0592. The number of pyridine rings is 1. The van der Waals surface area contributed by atoms with Gasteiger partial charge in [-0.05, 0) is 99.0 Å². The Balaban J connectivity index is 1.30. The zero-order chi connectivity index (χ0) is 24.6. The summed E-state index contributed by atoms with van der Waals surface area (Å²) in [7, 11) is 1.62. The Morgan fingerprint density at radius 3 is 2.86 bits per heavy atom. The van der Waals surface area contributed by atoms with Gasteiger partial charge in [0.1, 0.15) is 5.75 Å². The van der Waals surface area contributed by atoms with Gasteiger partial charge >= 0.3 is 5.97 Å². The molecule has 1 saturated heterocycles. The van der Waals surface area contributed by atoms with Crippen LogP contribution in [0.5, 0.6) is 5.75 Å². The molecule has 1 aliphatic rings. The molecule has 1 aliphatic heterocycles. The number of nitrogens with zero attached hydrogens (tertiary/aromatic N) is 4. The third-order valence-corrected chi connectivity index (χ3v) is 7.14. The Kier molecular flexibility index (Phi) is 8.60. The Bertz CT molecular complexity index is 1110. The number of aliphatic hydroxyl groups excluding tert-OH is 1. The van der Waals surface area contributed by atoms with Crippen LogP contribution >= 0.6 is 0 Å². The first-order valence-electron chi connectivity index (χ1n) is 12.4. The number of likely N-dealkylation sites (tertiary alicyclic amines) is 1. The molecule has 1 aromatic carbocycles. The maximum atomic E-state index is 12.1. The van der Waals surface area contributed by atoms with Crippen molar-refractivity contribution >= 4 is 16.9 Å². The summed E-state index contributed by atoms with van der Waals surface area (Å²) < 4.78 is 5.34. The molecule has 2 aromatic heterocycles. The van der Waals surface area contributed by atoms with E-state index in [1.807, 2.05) is 30.3 Å². The van der Waals surface area contributed by atoms with E-state index >= 15 is 0 Å². The number of piperidine rings is 1. The molecule has 0 spiro atoms. The van der Waals surface area contributed by atoms with Gasteiger partial charge in [0, 0.05) is 24.3 Å². The average molecular weight is 479 g/mol. The maximum absolute atomic E-state index is 12.1. The van der Waals surface area contributed by atoms with E-state index < -0.39 is 18.0 Å². The number of hydrogen-bond donors (Lipinski definition) is 2.